The van der Waals surface area contributed by atoms with Crippen molar-refractivity contribution < 1.29 is 18.0 Å². The Bertz CT molecular complexity index is 1020. The second-order valence-corrected chi connectivity index (χ2v) is 6.38. The van der Waals surface area contributed by atoms with Gasteiger partial charge in [-0.25, -0.2) is 0 Å². The number of nitrogens with zero attached hydrogens (tertiary/aromatic N) is 1. The van der Waals surface area contributed by atoms with Crippen molar-refractivity contribution in [2.24, 2.45) is 0 Å². The number of pyridine rings is 1. The number of alkyl halides is 3. The van der Waals surface area contributed by atoms with Gasteiger partial charge in [-0.15, -0.1) is 0 Å². The first kappa shape index (κ1) is 19.4. The standard InChI is InChI=1S/C21H18F3N3O/c1-13-7-8-16(9-14(13)2)27-20(28)15-10-17(12-25-11-15)26-19-6-4-3-5-18(19)21(22,23)24/h3-12,26H,1-2H3,(H,27,28). The molecule has 0 aliphatic rings. The highest BCUT2D eigenvalue weighted by atomic mass is 19.4. The Hall–Kier alpha value is -3.35. The van der Waals surface area contributed by atoms with Crippen LogP contribution >= 0.6 is 0 Å². The summed E-state index contributed by atoms with van der Waals surface area (Å²) in [5.41, 5.74) is 2.39. The Morgan fingerprint density at radius 2 is 1.68 bits per heavy atom. The summed E-state index contributed by atoms with van der Waals surface area (Å²) in [6.07, 6.45) is -1.77. The van der Waals surface area contributed by atoms with Gasteiger partial charge in [0, 0.05) is 11.9 Å². The van der Waals surface area contributed by atoms with E-state index in [0.717, 1.165) is 17.2 Å². The van der Waals surface area contributed by atoms with Gasteiger partial charge in [-0.1, -0.05) is 18.2 Å². The van der Waals surface area contributed by atoms with E-state index in [1.807, 2.05) is 26.0 Å². The van der Waals surface area contributed by atoms with Crippen molar-refractivity contribution in [2.45, 2.75) is 20.0 Å². The smallest absolute Gasteiger partial charge is 0.354 e. The minimum atomic E-state index is -4.49. The summed E-state index contributed by atoms with van der Waals surface area (Å²) in [5.74, 6) is -0.400. The van der Waals surface area contributed by atoms with Crippen molar-refractivity contribution in [3.63, 3.8) is 0 Å². The summed E-state index contributed by atoms with van der Waals surface area (Å²) in [7, 11) is 0. The largest absolute Gasteiger partial charge is 0.418 e. The summed E-state index contributed by atoms with van der Waals surface area (Å²) in [4.78, 5) is 16.4. The van der Waals surface area contributed by atoms with E-state index in [-0.39, 0.29) is 16.9 Å². The topological polar surface area (TPSA) is 54.0 Å². The number of hydrogen-bond donors (Lipinski definition) is 2. The number of benzene rings is 2. The molecule has 0 spiro atoms. The van der Waals surface area contributed by atoms with Crippen LogP contribution in [0.2, 0.25) is 0 Å². The first-order chi connectivity index (χ1) is 13.2. The predicted molar refractivity (Wildman–Crippen MR) is 103 cm³/mol. The zero-order valence-corrected chi connectivity index (χ0v) is 15.3. The molecule has 0 radical (unpaired) electrons. The molecule has 2 aromatic carbocycles. The minimum absolute atomic E-state index is 0.108. The lowest BCUT2D eigenvalue weighted by molar-refractivity contribution is -0.136. The van der Waals surface area contributed by atoms with Crippen molar-refractivity contribution in [2.75, 3.05) is 10.6 Å². The molecule has 3 aromatic rings. The third kappa shape index (κ3) is 4.49. The van der Waals surface area contributed by atoms with Crippen molar-refractivity contribution >= 4 is 23.0 Å². The molecule has 0 saturated carbocycles. The van der Waals surface area contributed by atoms with Gasteiger partial charge in [0.2, 0.25) is 0 Å². The Morgan fingerprint density at radius 3 is 2.39 bits per heavy atom. The number of halogens is 3. The summed E-state index contributed by atoms with van der Waals surface area (Å²) >= 11 is 0. The molecule has 0 aliphatic carbocycles. The zero-order valence-electron chi connectivity index (χ0n) is 15.3. The van der Waals surface area contributed by atoms with E-state index in [1.165, 1.54) is 36.7 Å². The number of hydrogen-bond acceptors (Lipinski definition) is 3. The number of amides is 1. The lowest BCUT2D eigenvalue weighted by atomic mass is 10.1. The third-order valence-electron chi connectivity index (χ3n) is 4.28. The number of para-hydroxylation sites is 1. The van der Waals surface area contributed by atoms with E-state index in [2.05, 4.69) is 15.6 Å². The van der Waals surface area contributed by atoms with Gasteiger partial charge in [0.15, 0.2) is 0 Å². The van der Waals surface area contributed by atoms with Crippen LogP contribution in [0.3, 0.4) is 0 Å². The lowest BCUT2D eigenvalue weighted by Gasteiger charge is -2.14. The summed E-state index contributed by atoms with van der Waals surface area (Å²) in [6.45, 7) is 3.91. The van der Waals surface area contributed by atoms with Crippen molar-refractivity contribution in [3.05, 3.63) is 83.2 Å². The van der Waals surface area contributed by atoms with Crippen LogP contribution in [0.4, 0.5) is 30.2 Å². The van der Waals surface area contributed by atoms with Crippen LogP contribution in [0.25, 0.3) is 0 Å². The second kappa shape index (κ2) is 7.72. The second-order valence-electron chi connectivity index (χ2n) is 6.38. The molecule has 1 heterocycles. The molecule has 2 N–H and O–H groups in total. The van der Waals surface area contributed by atoms with Crippen LogP contribution in [-0.2, 0) is 6.18 Å². The van der Waals surface area contributed by atoms with Gasteiger partial charge in [-0.3, -0.25) is 9.78 Å². The fourth-order valence-corrected chi connectivity index (χ4v) is 2.65. The van der Waals surface area contributed by atoms with Crippen LogP contribution in [0.5, 0.6) is 0 Å². The predicted octanol–water partition coefficient (Wildman–Crippen LogP) is 5.71. The number of aryl methyl sites for hydroxylation is 2. The van der Waals surface area contributed by atoms with Gasteiger partial charge in [-0.05, 0) is 55.3 Å². The van der Waals surface area contributed by atoms with E-state index in [0.29, 0.717) is 5.69 Å². The van der Waals surface area contributed by atoms with Gasteiger partial charge in [0.25, 0.3) is 5.91 Å². The van der Waals surface area contributed by atoms with Gasteiger partial charge in [-0.2, -0.15) is 13.2 Å². The van der Waals surface area contributed by atoms with Gasteiger partial charge >= 0.3 is 6.18 Å². The maximum atomic E-state index is 13.1. The van der Waals surface area contributed by atoms with Crippen molar-refractivity contribution in [3.8, 4) is 0 Å². The van der Waals surface area contributed by atoms with E-state index < -0.39 is 17.6 Å². The molecule has 3 rings (SSSR count). The average Bonchev–Trinajstić information content (AvgIpc) is 2.64. The molecule has 0 bridgehead atoms. The van der Waals surface area contributed by atoms with Gasteiger partial charge in [0.1, 0.15) is 0 Å². The summed E-state index contributed by atoms with van der Waals surface area (Å²) in [6, 6.07) is 12.1. The molecule has 7 heteroatoms. The Kier molecular flexibility index (Phi) is 5.35. The fraction of sp³-hybridized carbons (Fsp3) is 0.143. The molecule has 0 atom stereocenters. The third-order valence-corrected chi connectivity index (χ3v) is 4.28. The van der Waals surface area contributed by atoms with E-state index in [1.54, 1.807) is 6.07 Å². The fourth-order valence-electron chi connectivity index (χ4n) is 2.65. The number of carbonyl (C=O) groups excluding carboxylic acids is 1. The van der Waals surface area contributed by atoms with Crippen LogP contribution in [0.1, 0.15) is 27.0 Å². The molecule has 0 saturated heterocycles. The van der Waals surface area contributed by atoms with E-state index in [4.69, 9.17) is 0 Å². The zero-order chi connectivity index (χ0) is 20.3. The average molecular weight is 385 g/mol. The van der Waals surface area contributed by atoms with Crippen molar-refractivity contribution in [1.29, 1.82) is 0 Å². The van der Waals surface area contributed by atoms with Crippen LogP contribution in [0, 0.1) is 13.8 Å². The molecule has 28 heavy (non-hydrogen) atoms. The number of rotatable bonds is 4. The molecule has 144 valence electrons. The number of aromatic nitrogens is 1. The first-order valence-electron chi connectivity index (χ1n) is 8.51. The monoisotopic (exact) mass is 385 g/mol. The minimum Gasteiger partial charge on any atom is -0.354 e. The highest BCUT2D eigenvalue weighted by Crippen LogP contribution is 2.35. The molecule has 0 fully saturated rings. The molecular weight excluding hydrogens is 367 g/mol. The maximum absolute atomic E-state index is 13.1. The highest BCUT2D eigenvalue weighted by Gasteiger charge is 2.33. The van der Waals surface area contributed by atoms with Crippen molar-refractivity contribution in [1.82, 2.24) is 4.98 Å². The molecular formula is C21H18F3N3O. The molecule has 1 aromatic heterocycles. The quantitative estimate of drug-likeness (QED) is 0.605. The number of anilines is 3. The summed E-state index contributed by atoms with van der Waals surface area (Å²) < 4.78 is 39.4. The summed E-state index contributed by atoms with van der Waals surface area (Å²) in [5, 5.41) is 5.46. The Labute approximate surface area is 160 Å². The Balaban J connectivity index is 1.81. The molecule has 0 aliphatic heterocycles. The number of carbonyl (C=O) groups is 1. The number of nitrogens with one attached hydrogen (secondary N) is 2. The first-order valence-corrected chi connectivity index (χ1v) is 8.51. The van der Waals surface area contributed by atoms with E-state index >= 15 is 0 Å². The molecule has 0 unspecified atom stereocenters. The van der Waals surface area contributed by atoms with Gasteiger partial charge < -0.3 is 10.6 Å². The van der Waals surface area contributed by atoms with Crippen LogP contribution in [-0.4, -0.2) is 10.9 Å². The Morgan fingerprint density at radius 1 is 0.929 bits per heavy atom. The molecule has 4 nitrogen and oxygen atoms in total. The van der Waals surface area contributed by atoms with E-state index in [9.17, 15) is 18.0 Å². The maximum Gasteiger partial charge on any atom is 0.418 e. The SMILES string of the molecule is Cc1ccc(NC(=O)c2cncc(Nc3ccccc3C(F)(F)F)c2)cc1C. The normalized spacial score (nSPS) is 11.2. The van der Waals surface area contributed by atoms with Crippen LogP contribution < -0.4 is 10.6 Å². The molecule has 1 amide bonds. The van der Waals surface area contributed by atoms with Gasteiger partial charge in [0.05, 0.1) is 28.7 Å². The van der Waals surface area contributed by atoms with Crippen LogP contribution in [0.15, 0.2) is 60.9 Å². The lowest BCUT2D eigenvalue weighted by Crippen LogP contribution is -2.13. The highest BCUT2D eigenvalue weighted by molar-refractivity contribution is 6.04.